The Labute approximate surface area is 149 Å². The van der Waals surface area contributed by atoms with Gasteiger partial charge in [-0.1, -0.05) is 30.3 Å². The van der Waals surface area contributed by atoms with Gasteiger partial charge < -0.3 is 4.90 Å². The van der Waals surface area contributed by atoms with E-state index in [0.717, 1.165) is 22.4 Å². The number of fused-ring (bicyclic) bond motifs is 1. The van der Waals surface area contributed by atoms with E-state index in [-0.39, 0.29) is 12.5 Å². The molecule has 0 fully saturated rings. The summed E-state index contributed by atoms with van der Waals surface area (Å²) in [7, 11) is 0. The van der Waals surface area contributed by atoms with Gasteiger partial charge in [-0.15, -0.1) is 0 Å². The molecule has 0 saturated heterocycles. The Hall–Kier alpha value is -3.28. The summed E-state index contributed by atoms with van der Waals surface area (Å²) in [4.78, 5) is 26.5. The van der Waals surface area contributed by atoms with Crippen LogP contribution in [-0.4, -0.2) is 22.2 Å². The number of hydrogen-bond acceptors (Lipinski definition) is 3. The molecule has 6 heteroatoms. The van der Waals surface area contributed by atoms with E-state index in [4.69, 9.17) is 0 Å². The van der Waals surface area contributed by atoms with Gasteiger partial charge in [0.15, 0.2) is 0 Å². The molecule has 0 N–H and O–H groups in total. The largest absolute Gasteiger partial charge is 0.310 e. The monoisotopic (exact) mass is 349 g/mol. The smallest absolute Gasteiger partial charge is 0.267 e. The first-order chi connectivity index (χ1) is 12.6. The molecule has 1 amide bonds. The van der Waals surface area contributed by atoms with E-state index in [1.165, 1.54) is 18.2 Å². The minimum absolute atomic E-state index is 0.185. The number of anilines is 1. The van der Waals surface area contributed by atoms with Crippen molar-refractivity contribution in [2.24, 2.45) is 0 Å². The van der Waals surface area contributed by atoms with Crippen molar-refractivity contribution in [2.75, 3.05) is 11.4 Å². The van der Waals surface area contributed by atoms with Crippen molar-refractivity contribution in [3.05, 3.63) is 82.4 Å². The van der Waals surface area contributed by atoms with Crippen LogP contribution < -0.4 is 10.5 Å². The van der Waals surface area contributed by atoms with Gasteiger partial charge in [-0.2, -0.15) is 5.10 Å². The Kier molecular flexibility index (Phi) is 4.08. The Morgan fingerprint density at radius 2 is 1.81 bits per heavy atom. The van der Waals surface area contributed by atoms with Gasteiger partial charge in [0, 0.05) is 23.9 Å². The van der Waals surface area contributed by atoms with Gasteiger partial charge in [-0.3, -0.25) is 9.59 Å². The molecule has 0 aliphatic carbocycles. The fourth-order valence-electron chi connectivity index (χ4n) is 3.19. The molecule has 3 aromatic rings. The molecule has 2 heterocycles. The first-order valence-corrected chi connectivity index (χ1v) is 8.35. The summed E-state index contributed by atoms with van der Waals surface area (Å²) < 4.78 is 15.1. The number of hydrogen-bond donors (Lipinski definition) is 0. The molecule has 4 rings (SSSR count). The van der Waals surface area contributed by atoms with Crippen molar-refractivity contribution in [3.63, 3.8) is 0 Å². The number of nitrogens with zero attached hydrogens (tertiary/aromatic N) is 3. The molecule has 0 spiro atoms. The number of carbonyl (C=O) groups is 1. The number of carbonyl (C=O) groups excluding carboxylic acids is 1. The van der Waals surface area contributed by atoms with E-state index in [1.807, 2.05) is 24.3 Å². The van der Waals surface area contributed by atoms with Gasteiger partial charge in [-0.05, 0) is 36.2 Å². The third-order valence-electron chi connectivity index (χ3n) is 4.49. The molecule has 2 aromatic carbocycles. The minimum atomic E-state index is -0.426. The van der Waals surface area contributed by atoms with Crippen LogP contribution in [0.2, 0.25) is 0 Å². The summed E-state index contributed by atoms with van der Waals surface area (Å²) in [5, 5.41) is 4.19. The molecular formula is C20H16FN3O2. The number of rotatable bonds is 3. The molecule has 130 valence electrons. The second-order valence-electron chi connectivity index (χ2n) is 6.12. The van der Waals surface area contributed by atoms with Gasteiger partial charge in [0.2, 0.25) is 5.91 Å². The van der Waals surface area contributed by atoms with Crippen molar-refractivity contribution >= 4 is 11.6 Å². The van der Waals surface area contributed by atoms with Gasteiger partial charge >= 0.3 is 0 Å². The first kappa shape index (κ1) is 16.2. The Morgan fingerprint density at radius 1 is 1.04 bits per heavy atom. The molecule has 26 heavy (non-hydrogen) atoms. The predicted octanol–water partition coefficient (Wildman–Crippen LogP) is 2.64. The van der Waals surface area contributed by atoms with Crippen LogP contribution in [0.25, 0.3) is 11.3 Å². The van der Waals surface area contributed by atoms with Gasteiger partial charge in [0.1, 0.15) is 12.4 Å². The third kappa shape index (κ3) is 2.90. The number of halogens is 1. The molecule has 1 aliphatic heterocycles. The highest BCUT2D eigenvalue weighted by Gasteiger charge is 2.24. The van der Waals surface area contributed by atoms with Crippen LogP contribution in [-0.2, 0) is 17.8 Å². The van der Waals surface area contributed by atoms with Crippen LogP contribution in [0.3, 0.4) is 0 Å². The lowest BCUT2D eigenvalue weighted by Gasteiger charge is -2.17. The van der Waals surface area contributed by atoms with E-state index in [1.54, 1.807) is 23.1 Å². The van der Waals surface area contributed by atoms with Crippen LogP contribution in [0.4, 0.5) is 10.1 Å². The number of para-hydroxylation sites is 1. The van der Waals surface area contributed by atoms with E-state index in [2.05, 4.69) is 5.10 Å². The summed E-state index contributed by atoms with van der Waals surface area (Å²) in [5.41, 5.74) is 2.19. The summed E-state index contributed by atoms with van der Waals surface area (Å²) in [6.45, 7) is 0.398. The van der Waals surface area contributed by atoms with Gasteiger partial charge in [0.05, 0.1) is 5.69 Å². The van der Waals surface area contributed by atoms with Crippen molar-refractivity contribution in [1.29, 1.82) is 0 Å². The molecule has 0 unspecified atom stereocenters. The van der Waals surface area contributed by atoms with E-state index in [0.29, 0.717) is 17.8 Å². The zero-order chi connectivity index (χ0) is 18.1. The second kappa shape index (κ2) is 6.55. The fourth-order valence-corrected chi connectivity index (χ4v) is 3.19. The van der Waals surface area contributed by atoms with E-state index < -0.39 is 11.4 Å². The first-order valence-electron chi connectivity index (χ1n) is 8.35. The van der Waals surface area contributed by atoms with Crippen molar-refractivity contribution in [1.82, 2.24) is 9.78 Å². The number of aromatic nitrogens is 2. The van der Waals surface area contributed by atoms with Crippen LogP contribution >= 0.6 is 0 Å². The van der Waals surface area contributed by atoms with Crippen molar-refractivity contribution in [3.8, 4) is 11.3 Å². The Balaban J connectivity index is 1.63. The second-order valence-corrected chi connectivity index (χ2v) is 6.12. The topological polar surface area (TPSA) is 55.2 Å². The lowest BCUT2D eigenvalue weighted by atomic mass is 10.1. The lowest BCUT2D eigenvalue weighted by Crippen LogP contribution is -2.36. The van der Waals surface area contributed by atoms with Crippen LogP contribution in [0.5, 0.6) is 0 Å². The molecule has 0 saturated carbocycles. The molecule has 0 bridgehead atoms. The predicted molar refractivity (Wildman–Crippen MR) is 96.4 cm³/mol. The normalized spacial score (nSPS) is 12.9. The lowest BCUT2D eigenvalue weighted by molar-refractivity contribution is -0.119. The number of benzene rings is 2. The van der Waals surface area contributed by atoms with Crippen molar-refractivity contribution in [2.45, 2.75) is 13.0 Å². The average Bonchev–Trinajstić information content (AvgIpc) is 3.08. The highest BCUT2D eigenvalue weighted by Crippen LogP contribution is 2.27. The number of amides is 1. The van der Waals surface area contributed by atoms with Gasteiger partial charge in [-0.25, -0.2) is 9.07 Å². The maximum atomic E-state index is 14.0. The SMILES string of the molecule is O=C(Cn1nc(-c2ccccc2F)ccc1=O)N1CCc2ccccc21. The summed E-state index contributed by atoms with van der Waals surface area (Å²) in [6.07, 6.45) is 0.791. The Morgan fingerprint density at radius 3 is 2.65 bits per heavy atom. The van der Waals surface area contributed by atoms with Crippen molar-refractivity contribution < 1.29 is 9.18 Å². The quantitative estimate of drug-likeness (QED) is 0.730. The summed E-state index contributed by atoms with van der Waals surface area (Å²) >= 11 is 0. The molecule has 0 radical (unpaired) electrons. The average molecular weight is 349 g/mol. The summed E-state index contributed by atoms with van der Waals surface area (Å²) in [5.74, 6) is -0.639. The molecule has 1 aromatic heterocycles. The van der Waals surface area contributed by atoms with E-state index >= 15 is 0 Å². The van der Waals surface area contributed by atoms with Crippen LogP contribution in [0, 0.1) is 5.82 Å². The maximum absolute atomic E-state index is 14.0. The maximum Gasteiger partial charge on any atom is 0.267 e. The molecule has 1 aliphatic rings. The molecule has 5 nitrogen and oxygen atoms in total. The molecular weight excluding hydrogens is 333 g/mol. The highest BCUT2D eigenvalue weighted by atomic mass is 19.1. The standard InChI is InChI=1S/C20H16FN3O2/c21-16-7-3-2-6-15(16)17-9-10-19(25)24(22-17)13-20(26)23-12-11-14-5-1-4-8-18(14)23/h1-10H,11-13H2. The summed E-state index contributed by atoms with van der Waals surface area (Å²) in [6, 6.07) is 16.7. The van der Waals surface area contributed by atoms with Crippen LogP contribution in [0.15, 0.2) is 65.5 Å². The zero-order valence-electron chi connectivity index (χ0n) is 13.9. The third-order valence-corrected chi connectivity index (χ3v) is 4.49. The van der Waals surface area contributed by atoms with Crippen LogP contribution in [0.1, 0.15) is 5.56 Å². The minimum Gasteiger partial charge on any atom is -0.310 e. The van der Waals surface area contributed by atoms with Gasteiger partial charge in [0.25, 0.3) is 5.56 Å². The zero-order valence-corrected chi connectivity index (χ0v) is 13.9. The highest BCUT2D eigenvalue weighted by molar-refractivity contribution is 5.95. The fraction of sp³-hybridized carbons (Fsp3) is 0.150. The van der Waals surface area contributed by atoms with E-state index in [9.17, 15) is 14.0 Å². The Bertz CT molecular complexity index is 1040. The molecule has 0 atom stereocenters.